The van der Waals surface area contributed by atoms with Gasteiger partial charge < -0.3 is 19.7 Å². The van der Waals surface area contributed by atoms with E-state index in [2.05, 4.69) is 5.32 Å². The molecule has 7 heteroatoms. The molecule has 0 aliphatic carbocycles. The number of nitrogens with zero attached hydrogens (tertiary/aromatic N) is 1. The van der Waals surface area contributed by atoms with Crippen LogP contribution in [-0.4, -0.2) is 41.6 Å². The Morgan fingerprint density at radius 2 is 1.78 bits per heavy atom. The summed E-state index contributed by atoms with van der Waals surface area (Å²) < 4.78 is 10.4. The minimum atomic E-state index is -0.584. The molecule has 2 aromatic carbocycles. The highest BCUT2D eigenvalue weighted by atomic mass is 16.6. The highest BCUT2D eigenvalue weighted by Gasteiger charge is 2.33. The average Bonchev–Trinajstić information content (AvgIpc) is 3.07. The van der Waals surface area contributed by atoms with Crippen molar-refractivity contribution < 1.29 is 23.9 Å². The summed E-state index contributed by atoms with van der Waals surface area (Å²) in [5, 5.41) is 2.77. The molecule has 0 radical (unpaired) electrons. The van der Waals surface area contributed by atoms with Crippen molar-refractivity contribution in [2.75, 3.05) is 13.2 Å². The van der Waals surface area contributed by atoms with Gasteiger partial charge >= 0.3 is 12.1 Å². The third-order valence-electron chi connectivity index (χ3n) is 5.12. The Balaban J connectivity index is 1.78. The molecule has 0 aromatic heterocycles. The summed E-state index contributed by atoms with van der Waals surface area (Å²) in [5.74, 6) is -0.427. The van der Waals surface area contributed by atoms with Crippen LogP contribution in [0, 0.1) is 0 Å². The quantitative estimate of drug-likeness (QED) is 0.645. The van der Waals surface area contributed by atoms with Crippen LogP contribution in [0.5, 0.6) is 0 Å². The molecule has 1 atom stereocenters. The van der Waals surface area contributed by atoms with Gasteiger partial charge in [-0.25, -0.2) is 9.59 Å². The SMILES string of the molecule is CCOC(=O)c1ccc(C(CCNC(=O)OC(C)(C)C)N2Cc3ccccc3C2=O)cc1. The Hall–Kier alpha value is -3.35. The number of amides is 2. The lowest BCUT2D eigenvalue weighted by Gasteiger charge is -2.29. The number of hydrogen-bond acceptors (Lipinski definition) is 5. The van der Waals surface area contributed by atoms with Crippen LogP contribution in [0.25, 0.3) is 0 Å². The molecule has 7 nitrogen and oxygen atoms in total. The molecule has 1 heterocycles. The fourth-order valence-electron chi connectivity index (χ4n) is 3.71. The lowest BCUT2D eigenvalue weighted by atomic mass is 10.0. The normalized spacial score (nSPS) is 14.0. The molecule has 1 N–H and O–H groups in total. The van der Waals surface area contributed by atoms with Gasteiger partial charge in [0.25, 0.3) is 5.91 Å². The van der Waals surface area contributed by atoms with Crippen molar-refractivity contribution in [3.05, 3.63) is 70.8 Å². The van der Waals surface area contributed by atoms with Crippen LogP contribution in [0.2, 0.25) is 0 Å². The van der Waals surface area contributed by atoms with E-state index in [0.29, 0.717) is 37.2 Å². The molecule has 0 fully saturated rings. The van der Waals surface area contributed by atoms with Gasteiger partial charge in [0.15, 0.2) is 0 Å². The van der Waals surface area contributed by atoms with Crippen molar-refractivity contribution >= 4 is 18.0 Å². The van der Waals surface area contributed by atoms with Gasteiger partial charge in [-0.1, -0.05) is 30.3 Å². The average molecular weight is 439 g/mol. The summed E-state index contributed by atoms with van der Waals surface area (Å²) in [5.41, 5.74) is 2.42. The third-order valence-corrected chi connectivity index (χ3v) is 5.12. The molecule has 0 saturated carbocycles. The number of rotatable bonds is 7. The van der Waals surface area contributed by atoms with E-state index in [-0.39, 0.29) is 17.9 Å². The number of carbonyl (C=O) groups excluding carboxylic acids is 3. The number of benzene rings is 2. The molecule has 0 spiro atoms. The van der Waals surface area contributed by atoms with E-state index < -0.39 is 11.7 Å². The van der Waals surface area contributed by atoms with Gasteiger partial charge in [0.05, 0.1) is 18.2 Å². The fraction of sp³-hybridized carbons (Fsp3) is 0.400. The first-order valence-corrected chi connectivity index (χ1v) is 10.8. The topological polar surface area (TPSA) is 84.9 Å². The summed E-state index contributed by atoms with van der Waals surface area (Å²) in [7, 11) is 0. The van der Waals surface area contributed by atoms with Gasteiger partial charge in [-0.3, -0.25) is 4.79 Å². The predicted octanol–water partition coefficient (Wildman–Crippen LogP) is 4.48. The van der Waals surface area contributed by atoms with Crippen LogP contribution in [0.3, 0.4) is 0 Å². The number of alkyl carbamates (subject to hydrolysis) is 1. The monoisotopic (exact) mass is 438 g/mol. The van der Waals surface area contributed by atoms with Crippen molar-refractivity contribution in [1.29, 1.82) is 0 Å². The van der Waals surface area contributed by atoms with Crippen molar-refractivity contribution in [2.45, 2.75) is 52.3 Å². The van der Waals surface area contributed by atoms with Crippen LogP contribution in [-0.2, 0) is 16.0 Å². The summed E-state index contributed by atoms with van der Waals surface area (Å²) in [6, 6.07) is 14.4. The minimum absolute atomic E-state index is 0.0441. The summed E-state index contributed by atoms with van der Waals surface area (Å²) >= 11 is 0. The highest BCUT2D eigenvalue weighted by molar-refractivity contribution is 5.98. The molecule has 2 amide bonds. The molecule has 0 bridgehead atoms. The molecule has 1 aliphatic heterocycles. The van der Waals surface area contributed by atoms with Crippen LogP contribution < -0.4 is 5.32 Å². The molecule has 1 aliphatic rings. The Morgan fingerprint density at radius 3 is 2.41 bits per heavy atom. The number of carbonyl (C=O) groups is 3. The number of hydrogen-bond donors (Lipinski definition) is 1. The Bertz CT molecular complexity index is 979. The van der Waals surface area contributed by atoms with Crippen LogP contribution in [0.15, 0.2) is 48.5 Å². The van der Waals surface area contributed by atoms with Gasteiger partial charge in [0, 0.05) is 18.7 Å². The van der Waals surface area contributed by atoms with Gasteiger partial charge in [-0.05, 0) is 63.4 Å². The van der Waals surface area contributed by atoms with Crippen molar-refractivity contribution in [3.63, 3.8) is 0 Å². The zero-order chi connectivity index (χ0) is 23.3. The van der Waals surface area contributed by atoms with Crippen molar-refractivity contribution in [3.8, 4) is 0 Å². The molecule has 170 valence electrons. The summed E-state index contributed by atoms with van der Waals surface area (Å²) in [6.07, 6.45) is 0.00232. The largest absolute Gasteiger partial charge is 0.462 e. The number of fused-ring (bicyclic) bond motifs is 1. The lowest BCUT2D eigenvalue weighted by Crippen LogP contribution is -2.36. The van der Waals surface area contributed by atoms with Gasteiger partial charge in [0.2, 0.25) is 0 Å². The maximum absolute atomic E-state index is 13.1. The minimum Gasteiger partial charge on any atom is -0.462 e. The molecule has 1 unspecified atom stereocenters. The van der Waals surface area contributed by atoms with E-state index in [9.17, 15) is 14.4 Å². The molecule has 3 rings (SSSR count). The maximum atomic E-state index is 13.1. The van der Waals surface area contributed by atoms with Gasteiger partial charge in [0.1, 0.15) is 5.60 Å². The number of esters is 1. The first kappa shape index (κ1) is 23.3. The van der Waals surface area contributed by atoms with Crippen molar-refractivity contribution in [2.24, 2.45) is 0 Å². The van der Waals surface area contributed by atoms with Gasteiger partial charge in [-0.2, -0.15) is 0 Å². The third kappa shape index (κ3) is 5.66. The first-order chi connectivity index (χ1) is 15.2. The van der Waals surface area contributed by atoms with E-state index in [0.717, 1.165) is 11.1 Å². The molecule has 0 saturated heterocycles. The van der Waals surface area contributed by atoms with E-state index in [1.165, 1.54) is 0 Å². The first-order valence-electron chi connectivity index (χ1n) is 10.8. The van der Waals surface area contributed by atoms with Crippen LogP contribution >= 0.6 is 0 Å². The predicted molar refractivity (Wildman–Crippen MR) is 120 cm³/mol. The van der Waals surface area contributed by atoms with Crippen molar-refractivity contribution in [1.82, 2.24) is 10.2 Å². The van der Waals surface area contributed by atoms with E-state index >= 15 is 0 Å². The standard InChI is InChI=1S/C25H30N2O5/c1-5-31-23(29)18-12-10-17(11-13-18)21(14-15-26-24(30)32-25(2,3)4)27-16-19-8-6-7-9-20(19)22(27)28/h6-13,21H,5,14-16H2,1-4H3,(H,26,30). The van der Waals surface area contributed by atoms with Gasteiger partial charge in [-0.15, -0.1) is 0 Å². The lowest BCUT2D eigenvalue weighted by molar-refractivity contribution is 0.0509. The molecular formula is C25H30N2O5. The Morgan fingerprint density at radius 1 is 1.09 bits per heavy atom. The maximum Gasteiger partial charge on any atom is 0.407 e. The van der Waals surface area contributed by atoms with E-state index in [1.54, 1.807) is 44.7 Å². The zero-order valence-electron chi connectivity index (χ0n) is 19.0. The van der Waals surface area contributed by atoms with Crippen LogP contribution in [0.1, 0.15) is 72.0 Å². The second-order valence-corrected chi connectivity index (χ2v) is 8.67. The summed E-state index contributed by atoms with van der Waals surface area (Å²) in [6.45, 7) is 8.31. The number of nitrogens with one attached hydrogen (secondary N) is 1. The molecule has 32 heavy (non-hydrogen) atoms. The van der Waals surface area contributed by atoms with E-state index in [4.69, 9.17) is 9.47 Å². The zero-order valence-corrected chi connectivity index (χ0v) is 19.0. The Kier molecular flexibility index (Phi) is 7.18. The van der Waals surface area contributed by atoms with E-state index in [1.807, 2.05) is 36.4 Å². The molecule has 2 aromatic rings. The smallest absolute Gasteiger partial charge is 0.407 e. The number of ether oxygens (including phenoxy) is 2. The second-order valence-electron chi connectivity index (χ2n) is 8.67. The Labute approximate surface area is 188 Å². The van der Waals surface area contributed by atoms with Crippen LogP contribution in [0.4, 0.5) is 4.79 Å². The second kappa shape index (κ2) is 9.85. The molecular weight excluding hydrogens is 408 g/mol. The fourth-order valence-corrected chi connectivity index (χ4v) is 3.71. The highest BCUT2D eigenvalue weighted by Crippen LogP contribution is 2.33. The summed E-state index contributed by atoms with van der Waals surface area (Å²) in [4.78, 5) is 39.0.